The first-order chi connectivity index (χ1) is 15.4. The van der Waals surface area contributed by atoms with Crippen LogP contribution in [0.4, 0.5) is 10.1 Å². The average molecular weight is 470 g/mol. The van der Waals surface area contributed by atoms with Gasteiger partial charge in [-0.3, -0.25) is 29.1 Å². The van der Waals surface area contributed by atoms with Crippen molar-refractivity contribution in [2.45, 2.75) is 22.7 Å². The van der Waals surface area contributed by atoms with Crippen molar-refractivity contribution in [3.63, 3.8) is 0 Å². The second-order valence-corrected chi connectivity index (χ2v) is 9.61. The average Bonchev–Trinajstić information content (AvgIpc) is 3.23. The smallest absolute Gasteiger partial charge is 0.308 e. The van der Waals surface area contributed by atoms with Crippen molar-refractivity contribution >= 4 is 46.5 Å². The van der Waals surface area contributed by atoms with E-state index >= 15 is 0 Å². The van der Waals surface area contributed by atoms with Crippen LogP contribution in [0.25, 0.3) is 0 Å². The third-order valence-electron chi connectivity index (χ3n) is 5.48. The summed E-state index contributed by atoms with van der Waals surface area (Å²) in [6.07, 6.45) is 0. The van der Waals surface area contributed by atoms with E-state index in [1.165, 1.54) is 16.7 Å². The fourth-order valence-electron chi connectivity index (χ4n) is 4.07. The van der Waals surface area contributed by atoms with Gasteiger partial charge in [0.05, 0.1) is 10.9 Å². The molecule has 5 rings (SSSR count). The lowest BCUT2D eigenvalue weighted by atomic mass is 9.83. The quantitative estimate of drug-likeness (QED) is 0.573. The minimum atomic E-state index is -0.734. The van der Waals surface area contributed by atoms with Gasteiger partial charge in [0.15, 0.2) is 0 Å². The van der Waals surface area contributed by atoms with Crippen LogP contribution in [0.15, 0.2) is 64.4 Å². The fraction of sp³-hybridized carbons (Fsp3) is 0.182. The Morgan fingerprint density at radius 2 is 1.75 bits per heavy atom. The number of carbonyl (C=O) groups is 3. The van der Waals surface area contributed by atoms with Gasteiger partial charge in [-0.05, 0) is 29.8 Å². The molecule has 2 aliphatic rings. The first-order valence-electron chi connectivity index (χ1n) is 9.77. The molecule has 162 valence electrons. The lowest BCUT2D eigenvalue weighted by Gasteiger charge is -2.30. The van der Waals surface area contributed by atoms with Crippen LogP contribution in [0, 0.1) is 11.7 Å². The molecule has 3 amide bonds. The number of thioether (sulfide) groups is 1. The van der Waals surface area contributed by atoms with Gasteiger partial charge in [0, 0.05) is 16.5 Å². The minimum absolute atomic E-state index is 0.227. The van der Waals surface area contributed by atoms with Crippen LogP contribution in [0.1, 0.15) is 16.4 Å². The van der Waals surface area contributed by atoms with Gasteiger partial charge in [-0.15, -0.1) is 0 Å². The fourth-order valence-corrected chi connectivity index (χ4v) is 6.81. The zero-order valence-corrected chi connectivity index (χ0v) is 18.0. The molecule has 1 saturated heterocycles. The zero-order chi connectivity index (χ0) is 22.4. The SMILES string of the molecule is O=C(Cn1c2c(sc1=O)[C@@H](c1ccc(F)cc1)C1C(=O)NC(=O)C1S2)Nc1ccccc1. The van der Waals surface area contributed by atoms with Gasteiger partial charge in [0.2, 0.25) is 17.7 Å². The largest absolute Gasteiger partial charge is 0.325 e. The molecular formula is C22H16FN3O4S2. The highest BCUT2D eigenvalue weighted by molar-refractivity contribution is 8.00. The number of carbonyl (C=O) groups excluding carboxylic acids is 3. The molecule has 32 heavy (non-hydrogen) atoms. The maximum atomic E-state index is 13.5. The molecule has 3 atom stereocenters. The van der Waals surface area contributed by atoms with Crippen molar-refractivity contribution in [3.8, 4) is 0 Å². The van der Waals surface area contributed by atoms with E-state index in [4.69, 9.17) is 0 Å². The first-order valence-corrected chi connectivity index (χ1v) is 11.5. The molecule has 2 aliphatic heterocycles. The third-order valence-corrected chi connectivity index (χ3v) is 8.09. The van der Waals surface area contributed by atoms with Gasteiger partial charge in [0.1, 0.15) is 17.6 Å². The number of nitrogens with one attached hydrogen (secondary N) is 2. The van der Waals surface area contributed by atoms with E-state index in [1.54, 1.807) is 36.4 Å². The van der Waals surface area contributed by atoms with E-state index in [1.807, 2.05) is 6.07 Å². The monoisotopic (exact) mass is 469 g/mol. The van der Waals surface area contributed by atoms with Crippen LogP contribution < -0.4 is 15.5 Å². The van der Waals surface area contributed by atoms with Crippen molar-refractivity contribution in [3.05, 3.63) is 80.5 Å². The van der Waals surface area contributed by atoms with Crippen LogP contribution >= 0.6 is 23.1 Å². The minimum Gasteiger partial charge on any atom is -0.325 e. The van der Waals surface area contributed by atoms with E-state index in [0.717, 1.165) is 23.1 Å². The number of hydrogen-bond acceptors (Lipinski definition) is 6. The number of amides is 3. The molecule has 0 radical (unpaired) electrons. The summed E-state index contributed by atoms with van der Waals surface area (Å²) < 4.78 is 14.9. The van der Waals surface area contributed by atoms with Gasteiger partial charge >= 0.3 is 4.87 Å². The number of aromatic nitrogens is 1. The van der Waals surface area contributed by atoms with Gasteiger partial charge in [-0.1, -0.05) is 53.4 Å². The maximum absolute atomic E-state index is 13.5. The van der Waals surface area contributed by atoms with Gasteiger partial charge in [-0.2, -0.15) is 0 Å². The second kappa shape index (κ2) is 8.03. The molecule has 10 heteroatoms. The van der Waals surface area contributed by atoms with E-state index < -0.39 is 34.7 Å². The maximum Gasteiger partial charge on any atom is 0.308 e. The Bertz CT molecular complexity index is 1290. The number of imide groups is 1. The summed E-state index contributed by atoms with van der Waals surface area (Å²) in [5.74, 6) is -2.95. The Balaban J connectivity index is 1.54. The summed E-state index contributed by atoms with van der Waals surface area (Å²) in [6, 6.07) is 14.6. The topological polar surface area (TPSA) is 97.3 Å². The number of halogens is 1. The Morgan fingerprint density at radius 3 is 2.47 bits per heavy atom. The summed E-state index contributed by atoms with van der Waals surface area (Å²) in [5, 5.41) is 4.87. The second-order valence-electron chi connectivity index (χ2n) is 7.48. The van der Waals surface area contributed by atoms with E-state index in [2.05, 4.69) is 10.6 Å². The zero-order valence-electron chi connectivity index (χ0n) is 16.4. The molecule has 0 bridgehead atoms. The number of thiazole rings is 1. The summed E-state index contributed by atoms with van der Waals surface area (Å²) in [6.45, 7) is -0.227. The van der Waals surface area contributed by atoms with Crippen LogP contribution in [0.3, 0.4) is 0 Å². The van der Waals surface area contributed by atoms with Gasteiger partial charge in [0.25, 0.3) is 0 Å². The Hall–Kier alpha value is -3.24. The molecule has 0 aliphatic carbocycles. The lowest BCUT2D eigenvalue weighted by Crippen LogP contribution is -2.32. The van der Waals surface area contributed by atoms with Crippen LogP contribution in [-0.2, 0) is 20.9 Å². The van der Waals surface area contributed by atoms with Crippen LogP contribution in [0.5, 0.6) is 0 Å². The molecule has 2 aromatic carbocycles. The highest BCUT2D eigenvalue weighted by Gasteiger charge is 2.52. The Morgan fingerprint density at radius 1 is 1.03 bits per heavy atom. The lowest BCUT2D eigenvalue weighted by molar-refractivity contribution is -0.126. The van der Waals surface area contributed by atoms with Crippen LogP contribution in [-0.4, -0.2) is 27.5 Å². The number of rotatable bonds is 4. The normalized spacial score (nSPS) is 21.6. The molecule has 0 saturated carbocycles. The summed E-state index contributed by atoms with van der Waals surface area (Å²) >= 11 is 2.07. The highest BCUT2D eigenvalue weighted by Crippen LogP contribution is 2.51. The summed E-state index contributed by atoms with van der Waals surface area (Å²) in [5.41, 5.74) is 1.24. The first kappa shape index (κ1) is 20.7. The number of nitrogens with zero attached hydrogens (tertiary/aromatic N) is 1. The number of benzene rings is 2. The Labute approximate surface area is 189 Å². The molecule has 3 aromatic rings. The van der Waals surface area contributed by atoms with Crippen molar-refractivity contribution < 1.29 is 18.8 Å². The molecule has 7 nitrogen and oxygen atoms in total. The molecular weight excluding hydrogens is 453 g/mol. The Kier molecular flexibility index (Phi) is 5.18. The molecule has 2 unspecified atom stereocenters. The predicted molar refractivity (Wildman–Crippen MR) is 118 cm³/mol. The molecule has 1 fully saturated rings. The summed E-state index contributed by atoms with van der Waals surface area (Å²) in [7, 11) is 0. The highest BCUT2D eigenvalue weighted by atomic mass is 32.2. The van der Waals surface area contributed by atoms with E-state index in [0.29, 0.717) is 21.2 Å². The van der Waals surface area contributed by atoms with Gasteiger partial charge in [-0.25, -0.2) is 4.39 Å². The van der Waals surface area contributed by atoms with Crippen molar-refractivity contribution in [2.75, 3.05) is 5.32 Å². The van der Waals surface area contributed by atoms with E-state index in [-0.39, 0.29) is 17.3 Å². The number of fused-ring (bicyclic) bond motifs is 2. The van der Waals surface area contributed by atoms with Crippen molar-refractivity contribution in [2.24, 2.45) is 5.92 Å². The van der Waals surface area contributed by atoms with Gasteiger partial charge < -0.3 is 5.32 Å². The molecule has 2 N–H and O–H groups in total. The third kappa shape index (κ3) is 3.55. The van der Waals surface area contributed by atoms with Crippen LogP contribution in [0.2, 0.25) is 0 Å². The molecule has 0 spiro atoms. The predicted octanol–water partition coefficient (Wildman–Crippen LogP) is 2.57. The van der Waals surface area contributed by atoms with E-state index in [9.17, 15) is 23.6 Å². The standard InChI is InChI=1S/C22H16FN3O4S2/c23-12-8-6-11(7-9-12)15-16-17(20(29)25-19(16)28)31-21-18(15)32-22(30)26(21)10-14(27)24-13-4-2-1-3-5-13/h1-9,15-17H,10H2,(H,24,27)(H,25,28,29)/t15-,16?,17?/m0/s1. The van der Waals surface area contributed by atoms with Crippen molar-refractivity contribution in [1.82, 2.24) is 9.88 Å². The molecule has 3 heterocycles. The molecule has 1 aromatic heterocycles. The summed E-state index contributed by atoms with van der Waals surface area (Å²) in [4.78, 5) is 50.8. The number of para-hydroxylation sites is 1. The number of hydrogen-bond donors (Lipinski definition) is 2. The van der Waals surface area contributed by atoms with Crippen molar-refractivity contribution in [1.29, 1.82) is 0 Å². The number of anilines is 1.